The van der Waals surface area contributed by atoms with Gasteiger partial charge in [0.25, 0.3) is 0 Å². The summed E-state index contributed by atoms with van der Waals surface area (Å²) in [6.45, 7) is -0.214. The number of cyclic esters (lactones) is 1. The Morgan fingerprint density at radius 3 is 2.54 bits per heavy atom. The molecule has 1 aliphatic rings. The highest BCUT2D eigenvalue weighted by molar-refractivity contribution is 6.00. The molecule has 1 unspecified atom stereocenters. The second kappa shape index (κ2) is 6.23. The predicted molar refractivity (Wildman–Crippen MR) is 77.7 cm³/mol. The van der Waals surface area contributed by atoms with E-state index >= 15 is 0 Å². The van der Waals surface area contributed by atoms with Gasteiger partial charge in [0.2, 0.25) is 0 Å². The summed E-state index contributed by atoms with van der Waals surface area (Å²) in [5.74, 6) is -2.84. The molecule has 3 amide bonds. The molecule has 8 heteroatoms. The zero-order valence-electron chi connectivity index (χ0n) is 12.1. The number of para-hydroxylation sites is 1. The molecular weight excluding hydrogens is 325 g/mol. The van der Waals surface area contributed by atoms with E-state index in [0.717, 1.165) is 18.2 Å². The fourth-order valence-corrected chi connectivity index (χ4v) is 2.35. The molecule has 0 aromatic heterocycles. The smallest absolute Gasteiger partial charge is 0.418 e. The molecule has 2 aromatic rings. The topological polar surface area (TPSA) is 58.6 Å². The van der Waals surface area contributed by atoms with E-state index in [1.807, 2.05) is 0 Å². The third kappa shape index (κ3) is 2.90. The van der Waals surface area contributed by atoms with Crippen molar-refractivity contribution >= 4 is 17.8 Å². The number of halogens is 3. The number of hydrogen-bond acceptors (Lipinski definition) is 3. The van der Waals surface area contributed by atoms with Crippen molar-refractivity contribution in [2.75, 3.05) is 11.9 Å². The number of imide groups is 1. The van der Waals surface area contributed by atoms with E-state index in [2.05, 4.69) is 5.32 Å². The van der Waals surface area contributed by atoms with E-state index in [4.69, 9.17) is 4.74 Å². The monoisotopic (exact) mass is 336 g/mol. The van der Waals surface area contributed by atoms with E-state index in [9.17, 15) is 22.8 Å². The van der Waals surface area contributed by atoms with Crippen molar-refractivity contribution < 1.29 is 27.5 Å². The molecule has 0 saturated carbocycles. The quantitative estimate of drug-likeness (QED) is 0.907. The predicted octanol–water partition coefficient (Wildman–Crippen LogP) is 3.83. The number of carbonyl (C=O) groups is 2. The first kappa shape index (κ1) is 15.9. The van der Waals surface area contributed by atoms with Gasteiger partial charge in [-0.15, -0.1) is 0 Å². The number of benzene rings is 2. The van der Waals surface area contributed by atoms with E-state index < -0.39 is 35.6 Å². The lowest BCUT2D eigenvalue weighted by atomic mass is 10.1. The van der Waals surface area contributed by atoms with Crippen LogP contribution in [0.1, 0.15) is 11.6 Å². The number of hydrogen-bond donors (Lipinski definition) is 1. The maximum atomic E-state index is 13.6. The number of urea groups is 1. The summed E-state index contributed by atoms with van der Waals surface area (Å²) in [7, 11) is 0. The van der Waals surface area contributed by atoms with Crippen LogP contribution in [-0.4, -0.2) is 23.6 Å². The van der Waals surface area contributed by atoms with Crippen molar-refractivity contribution in [1.29, 1.82) is 0 Å². The summed E-state index contributed by atoms with van der Waals surface area (Å²) in [5.41, 5.74) is 0.0645. The minimum Gasteiger partial charge on any atom is -0.446 e. The molecule has 1 aliphatic heterocycles. The second-order valence-electron chi connectivity index (χ2n) is 5.05. The minimum atomic E-state index is -1.11. The number of rotatable bonds is 2. The second-order valence-corrected chi connectivity index (χ2v) is 5.05. The summed E-state index contributed by atoms with van der Waals surface area (Å²) in [4.78, 5) is 24.8. The fourth-order valence-electron chi connectivity index (χ4n) is 2.35. The van der Waals surface area contributed by atoms with E-state index in [0.29, 0.717) is 4.90 Å². The van der Waals surface area contributed by atoms with Crippen LogP contribution < -0.4 is 5.32 Å². The Morgan fingerprint density at radius 2 is 1.83 bits per heavy atom. The lowest BCUT2D eigenvalue weighted by molar-refractivity contribution is 0.161. The molecule has 1 atom stereocenters. The van der Waals surface area contributed by atoms with Crippen LogP contribution in [0.3, 0.4) is 0 Å². The standard InChI is InChI=1S/C16H11F3N2O3/c17-10-6-5-9(7-12(10)19)14-8-24-16(23)21(14)15(22)20-13-4-2-1-3-11(13)18/h1-7,14H,8H2,(H,20,22). The van der Waals surface area contributed by atoms with Gasteiger partial charge in [-0.3, -0.25) is 0 Å². The molecule has 24 heavy (non-hydrogen) atoms. The zero-order chi connectivity index (χ0) is 17.3. The third-order valence-corrected chi connectivity index (χ3v) is 3.54. The van der Waals surface area contributed by atoms with Crippen LogP contribution in [-0.2, 0) is 4.74 Å². The third-order valence-electron chi connectivity index (χ3n) is 3.54. The van der Waals surface area contributed by atoms with Crippen LogP contribution in [0.4, 0.5) is 28.4 Å². The lowest BCUT2D eigenvalue weighted by Gasteiger charge is -2.20. The summed E-state index contributed by atoms with van der Waals surface area (Å²) < 4.78 is 44.8. The summed E-state index contributed by atoms with van der Waals surface area (Å²) in [6.07, 6.45) is -0.960. The van der Waals surface area contributed by atoms with Gasteiger partial charge in [0.05, 0.1) is 5.69 Å². The van der Waals surface area contributed by atoms with Crippen LogP contribution in [0.25, 0.3) is 0 Å². The molecule has 0 radical (unpaired) electrons. The van der Waals surface area contributed by atoms with Crippen molar-refractivity contribution in [3.63, 3.8) is 0 Å². The fraction of sp³-hybridized carbons (Fsp3) is 0.125. The summed E-state index contributed by atoms with van der Waals surface area (Å²) >= 11 is 0. The molecule has 0 bridgehead atoms. The molecule has 0 spiro atoms. The van der Waals surface area contributed by atoms with Crippen LogP contribution >= 0.6 is 0 Å². The highest BCUT2D eigenvalue weighted by Crippen LogP contribution is 2.29. The Bertz CT molecular complexity index is 813. The van der Waals surface area contributed by atoms with Crippen LogP contribution in [0.15, 0.2) is 42.5 Å². The van der Waals surface area contributed by atoms with Crippen molar-refractivity contribution in [2.24, 2.45) is 0 Å². The van der Waals surface area contributed by atoms with Crippen molar-refractivity contribution in [3.8, 4) is 0 Å². The number of amides is 3. The molecule has 1 N–H and O–H groups in total. The van der Waals surface area contributed by atoms with Crippen LogP contribution in [0.5, 0.6) is 0 Å². The maximum Gasteiger partial charge on any atom is 0.418 e. The number of ether oxygens (including phenoxy) is 1. The number of carbonyl (C=O) groups excluding carboxylic acids is 2. The molecule has 124 valence electrons. The molecule has 3 rings (SSSR count). The van der Waals surface area contributed by atoms with Gasteiger partial charge in [-0.25, -0.2) is 27.7 Å². The number of nitrogens with one attached hydrogen (secondary N) is 1. The first-order valence-electron chi connectivity index (χ1n) is 6.94. The Kier molecular flexibility index (Phi) is 4.11. The van der Waals surface area contributed by atoms with Gasteiger partial charge in [-0.05, 0) is 29.8 Å². The van der Waals surface area contributed by atoms with Crippen LogP contribution in [0, 0.1) is 17.5 Å². The van der Waals surface area contributed by atoms with Crippen molar-refractivity contribution in [1.82, 2.24) is 4.90 Å². The molecule has 2 aromatic carbocycles. The number of nitrogens with zero attached hydrogens (tertiary/aromatic N) is 1. The average molecular weight is 336 g/mol. The molecule has 1 heterocycles. The highest BCUT2D eigenvalue weighted by Gasteiger charge is 2.39. The average Bonchev–Trinajstić information content (AvgIpc) is 2.94. The number of anilines is 1. The summed E-state index contributed by atoms with van der Waals surface area (Å²) in [6, 6.07) is 6.55. The molecule has 1 saturated heterocycles. The van der Waals surface area contributed by atoms with Gasteiger partial charge < -0.3 is 10.1 Å². The van der Waals surface area contributed by atoms with Gasteiger partial charge in [0.1, 0.15) is 18.5 Å². The van der Waals surface area contributed by atoms with E-state index in [1.54, 1.807) is 0 Å². The summed E-state index contributed by atoms with van der Waals surface area (Å²) in [5, 5.41) is 2.25. The van der Waals surface area contributed by atoms with Crippen LogP contribution in [0.2, 0.25) is 0 Å². The lowest BCUT2D eigenvalue weighted by Crippen LogP contribution is -2.37. The van der Waals surface area contributed by atoms with Gasteiger partial charge in [-0.1, -0.05) is 18.2 Å². The first-order chi connectivity index (χ1) is 11.5. The Balaban J connectivity index is 1.86. The van der Waals surface area contributed by atoms with Gasteiger partial charge in [0.15, 0.2) is 11.6 Å². The normalized spacial score (nSPS) is 16.9. The van der Waals surface area contributed by atoms with E-state index in [1.165, 1.54) is 24.3 Å². The SMILES string of the molecule is O=C(Nc1ccccc1F)N1C(=O)OCC1c1ccc(F)c(F)c1. The minimum absolute atomic E-state index is 0.119. The van der Waals surface area contributed by atoms with Crippen molar-refractivity contribution in [3.05, 3.63) is 65.5 Å². The molecule has 5 nitrogen and oxygen atoms in total. The van der Waals surface area contributed by atoms with Crippen molar-refractivity contribution in [2.45, 2.75) is 6.04 Å². The Labute approximate surface area is 134 Å². The van der Waals surface area contributed by atoms with Gasteiger partial charge in [0, 0.05) is 0 Å². The highest BCUT2D eigenvalue weighted by atomic mass is 19.2. The zero-order valence-corrected chi connectivity index (χ0v) is 12.1. The molecule has 1 fully saturated rings. The Hall–Kier alpha value is -3.03. The molecular formula is C16H11F3N2O3. The largest absolute Gasteiger partial charge is 0.446 e. The van der Waals surface area contributed by atoms with Gasteiger partial charge >= 0.3 is 12.1 Å². The maximum absolute atomic E-state index is 13.6. The first-order valence-corrected chi connectivity index (χ1v) is 6.94. The molecule has 0 aliphatic carbocycles. The van der Waals surface area contributed by atoms with Gasteiger partial charge in [-0.2, -0.15) is 0 Å². The van der Waals surface area contributed by atoms with E-state index in [-0.39, 0.29) is 17.9 Å². The Morgan fingerprint density at radius 1 is 1.08 bits per heavy atom.